The summed E-state index contributed by atoms with van der Waals surface area (Å²) >= 11 is 2.44. The minimum atomic E-state index is -3.73. The number of hydrogen-bond acceptors (Lipinski definition) is 6. The number of nitrogens with one attached hydrogen (secondary N) is 2. The van der Waals surface area contributed by atoms with Crippen LogP contribution in [0.15, 0.2) is 63.5 Å². The van der Waals surface area contributed by atoms with Gasteiger partial charge in [-0.3, -0.25) is 14.3 Å². The summed E-state index contributed by atoms with van der Waals surface area (Å²) in [6, 6.07) is 12.0. The van der Waals surface area contributed by atoms with Crippen molar-refractivity contribution in [3.63, 3.8) is 0 Å². The third-order valence-electron chi connectivity index (χ3n) is 3.71. The number of benzene rings is 1. The number of anilines is 1. The van der Waals surface area contributed by atoms with Gasteiger partial charge in [0.2, 0.25) is 0 Å². The Balaban J connectivity index is 1.77. The Labute approximate surface area is 169 Å². The van der Waals surface area contributed by atoms with Crippen molar-refractivity contribution in [3.05, 3.63) is 69.7 Å². The molecule has 3 rings (SSSR count). The number of carboxylic acid groups (broad SMARTS) is 1. The monoisotopic (exact) mass is 436 g/mol. The molecule has 3 aromatic rings. The van der Waals surface area contributed by atoms with E-state index in [0.29, 0.717) is 0 Å². The van der Waals surface area contributed by atoms with Gasteiger partial charge in [-0.1, -0.05) is 18.2 Å². The molecule has 28 heavy (non-hydrogen) atoms. The van der Waals surface area contributed by atoms with Gasteiger partial charge in [-0.25, -0.2) is 8.42 Å². The van der Waals surface area contributed by atoms with Crippen LogP contribution < -0.4 is 10.0 Å². The molecule has 2 aromatic heterocycles. The van der Waals surface area contributed by atoms with Crippen LogP contribution in [0.1, 0.15) is 27.7 Å². The average Bonchev–Trinajstić information content (AvgIpc) is 3.34. The first kappa shape index (κ1) is 20.1. The maximum absolute atomic E-state index is 12.6. The van der Waals surface area contributed by atoms with E-state index in [1.807, 2.05) is 0 Å². The van der Waals surface area contributed by atoms with Gasteiger partial charge in [0.25, 0.3) is 15.9 Å². The summed E-state index contributed by atoms with van der Waals surface area (Å²) in [5.41, 5.74) is 0.463. The first-order valence-electron chi connectivity index (χ1n) is 8.07. The van der Waals surface area contributed by atoms with Crippen LogP contribution in [0.4, 0.5) is 5.69 Å². The second kappa shape index (κ2) is 8.55. The first-order valence-corrected chi connectivity index (χ1v) is 11.3. The lowest BCUT2D eigenvalue weighted by atomic mass is 10.1. The van der Waals surface area contributed by atoms with Crippen molar-refractivity contribution < 1.29 is 23.1 Å². The van der Waals surface area contributed by atoms with Crippen LogP contribution in [-0.4, -0.2) is 25.4 Å². The number of carbonyl (C=O) groups is 2. The molecule has 3 N–H and O–H groups in total. The normalized spacial score (nSPS) is 12.3. The third-order valence-corrected chi connectivity index (χ3v) is 7.47. The van der Waals surface area contributed by atoms with E-state index in [0.717, 1.165) is 16.2 Å². The number of thiophene rings is 2. The Morgan fingerprint density at radius 3 is 2.43 bits per heavy atom. The minimum Gasteiger partial charge on any atom is -0.481 e. The third kappa shape index (κ3) is 4.97. The highest BCUT2D eigenvalue weighted by Crippen LogP contribution is 2.24. The van der Waals surface area contributed by atoms with Crippen molar-refractivity contribution >= 4 is 50.3 Å². The van der Waals surface area contributed by atoms with E-state index in [9.17, 15) is 18.0 Å². The maximum Gasteiger partial charge on any atom is 0.305 e. The fourth-order valence-electron chi connectivity index (χ4n) is 2.47. The highest BCUT2D eigenvalue weighted by molar-refractivity contribution is 7.94. The van der Waals surface area contributed by atoms with Crippen LogP contribution in [0.5, 0.6) is 0 Å². The van der Waals surface area contributed by atoms with Crippen molar-refractivity contribution in [1.82, 2.24) is 5.32 Å². The number of carboxylic acids is 1. The van der Waals surface area contributed by atoms with Crippen LogP contribution in [0, 0.1) is 0 Å². The molecule has 0 aliphatic carbocycles. The van der Waals surface area contributed by atoms with Gasteiger partial charge < -0.3 is 10.4 Å². The Morgan fingerprint density at radius 1 is 1.04 bits per heavy atom. The van der Waals surface area contributed by atoms with Gasteiger partial charge in [-0.2, -0.15) is 0 Å². The molecule has 0 spiro atoms. The second-order valence-electron chi connectivity index (χ2n) is 5.76. The Bertz CT molecular complexity index is 1060. The van der Waals surface area contributed by atoms with E-state index in [4.69, 9.17) is 5.11 Å². The smallest absolute Gasteiger partial charge is 0.305 e. The van der Waals surface area contributed by atoms with Crippen molar-refractivity contribution in [1.29, 1.82) is 0 Å². The van der Waals surface area contributed by atoms with Gasteiger partial charge in [0.15, 0.2) is 0 Å². The van der Waals surface area contributed by atoms with E-state index < -0.39 is 27.9 Å². The number of rotatable bonds is 8. The highest BCUT2D eigenvalue weighted by atomic mass is 32.2. The largest absolute Gasteiger partial charge is 0.481 e. The van der Waals surface area contributed by atoms with Crippen molar-refractivity contribution in [2.75, 3.05) is 4.72 Å². The predicted molar refractivity (Wildman–Crippen MR) is 108 cm³/mol. The van der Waals surface area contributed by atoms with Crippen LogP contribution in [0.25, 0.3) is 0 Å². The molecule has 0 radical (unpaired) electrons. The topological polar surface area (TPSA) is 113 Å². The van der Waals surface area contributed by atoms with Crippen molar-refractivity contribution in [2.24, 2.45) is 0 Å². The molecule has 1 atom stereocenters. The Hall–Kier alpha value is -2.69. The summed E-state index contributed by atoms with van der Waals surface area (Å²) in [4.78, 5) is 24.5. The van der Waals surface area contributed by atoms with E-state index in [2.05, 4.69) is 10.0 Å². The van der Waals surface area contributed by atoms with E-state index in [1.54, 1.807) is 35.0 Å². The molecule has 0 saturated carbocycles. The molecule has 0 aliphatic rings. The van der Waals surface area contributed by atoms with Gasteiger partial charge >= 0.3 is 5.97 Å². The quantitative estimate of drug-likeness (QED) is 0.500. The second-order valence-corrected chi connectivity index (χ2v) is 9.59. The number of sulfonamides is 1. The zero-order valence-corrected chi connectivity index (χ0v) is 16.8. The molecule has 7 nitrogen and oxygen atoms in total. The van der Waals surface area contributed by atoms with Crippen LogP contribution in [-0.2, 0) is 14.8 Å². The van der Waals surface area contributed by atoms with E-state index >= 15 is 0 Å². The number of hydrogen-bond donors (Lipinski definition) is 3. The zero-order chi connectivity index (χ0) is 20.1. The Morgan fingerprint density at radius 2 is 1.79 bits per heavy atom. The molecule has 0 unspecified atom stereocenters. The van der Waals surface area contributed by atoms with Crippen LogP contribution >= 0.6 is 22.7 Å². The van der Waals surface area contributed by atoms with Gasteiger partial charge in [0.1, 0.15) is 4.21 Å². The molecular weight excluding hydrogens is 420 g/mol. The number of carbonyl (C=O) groups excluding carboxylic acids is 1. The van der Waals surface area contributed by atoms with Crippen molar-refractivity contribution in [2.45, 2.75) is 16.7 Å². The molecular formula is C18H16N2O5S3. The van der Waals surface area contributed by atoms with Gasteiger partial charge in [-0.15, -0.1) is 22.7 Å². The molecule has 1 aromatic carbocycles. The molecule has 2 heterocycles. The summed E-state index contributed by atoms with van der Waals surface area (Å²) < 4.78 is 27.3. The predicted octanol–water partition coefficient (Wildman–Crippen LogP) is 3.56. The molecule has 10 heteroatoms. The average molecular weight is 437 g/mol. The van der Waals surface area contributed by atoms with Gasteiger partial charge in [0, 0.05) is 16.1 Å². The van der Waals surface area contributed by atoms with E-state index in [1.165, 1.54) is 35.6 Å². The molecule has 0 saturated heterocycles. The summed E-state index contributed by atoms with van der Waals surface area (Å²) in [6.45, 7) is 0. The fourth-order valence-corrected chi connectivity index (χ4v) is 5.29. The van der Waals surface area contributed by atoms with Crippen LogP contribution in [0.3, 0.4) is 0 Å². The summed E-state index contributed by atoms with van der Waals surface area (Å²) in [7, 11) is -3.73. The molecule has 0 bridgehead atoms. The summed E-state index contributed by atoms with van der Waals surface area (Å²) in [6.07, 6.45) is -0.253. The van der Waals surface area contributed by atoms with Crippen LogP contribution in [0.2, 0.25) is 0 Å². The van der Waals surface area contributed by atoms with Gasteiger partial charge in [-0.05, 0) is 41.1 Å². The SMILES string of the molecule is O=C(O)C[C@H](NC(=O)c1cccc(NS(=O)(=O)c2cccs2)c1)c1cccs1. The molecule has 0 fully saturated rings. The lowest BCUT2D eigenvalue weighted by Gasteiger charge is -2.16. The lowest BCUT2D eigenvalue weighted by molar-refractivity contribution is -0.137. The van der Waals surface area contributed by atoms with Gasteiger partial charge in [0.05, 0.1) is 12.5 Å². The fraction of sp³-hybridized carbons (Fsp3) is 0.111. The number of amides is 1. The Kier molecular flexibility index (Phi) is 6.12. The van der Waals surface area contributed by atoms with E-state index in [-0.39, 0.29) is 21.9 Å². The van der Waals surface area contributed by atoms with Crippen molar-refractivity contribution in [3.8, 4) is 0 Å². The standard InChI is InChI=1S/C18H16N2O5S3/c21-16(22)11-14(15-6-2-8-26-15)19-18(23)12-4-1-5-13(10-12)20-28(24,25)17-7-3-9-27-17/h1-10,14,20H,11H2,(H,19,23)(H,21,22)/t14-/m0/s1. The maximum atomic E-state index is 12.6. The summed E-state index contributed by atoms with van der Waals surface area (Å²) in [5, 5.41) is 15.3. The molecule has 1 amide bonds. The lowest BCUT2D eigenvalue weighted by Crippen LogP contribution is -2.29. The minimum absolute atomic E-state index is 0.168. The molecule has 0 aliphatic heterocycles. The first-order chi connectivity index (χ1) is 13.3. The number of aliphatic carboxylic acids is 1. The summed E-state index contributed by atoms with van der Waals surface area (Å²) in [5.74, 6) is -1.52. The highest BCUT2D eigenvalue weighted by Gasteiger charge is 2.21. The zero-order valence-electron chi connectivity index (χ0n) is 14.4. The molecule has 146 valence electrons.